The van der Waals surface area contributed by atoms with Crippen molar-refractivity contribution in [2.45, 2.75) is 12.8 Å². The number of methoxy groups -OCH3 is 1. The summed E-state index contributed by atoms with van der Waals surface area (Å²) in [6.07, 6.45) is 1.88. The summed E-state index contributed by atoms with van der Waals surface area (Å²) < 4.78 is 4.47. The molecule has 1 N–H and O–H groups in total. The summed E-state index contributed by atoms with van der Waals surface area (Å²) in [5, 5.41) is 8.81. The molecular weight excluding hydrogens is 198 g/mol. The van der Waals surface area contributed by atoms with Crippen molar-refractivity contribution in [1.82, 2.24) is 4.98 Å². The van der Waals surface area contributed by atoms with Gasteiger partial charge in [0.15, 0.2) is 5.69 Å². The number of ether oxygens (including phenoxy) is 1. The maximum atomic E-state index is 10.9. The first-order valence-corrected chi connectivity index (χ1v) is 4.39. The predicted octanol–water partition coefficient (Wildman–Crippen LogP) is 0.885. The first kappa shape index (κ1) is 11.2. The molecular formula is C10H11NO4. The zero-order valence-electron chi connectivity index (χ0n) is 8.27. The second-order valence-electron chi connectivity index (χ2n) is 2.89. The van der Waals surface area contributed by atoms with Gasteiger partial charge in [-0.1, -0.05) is 6.07 Å². The summed E-state index contributed by atoms with van der Waals surface area (Å²) in [6.45, 7) is 0. The highest BCUT2D eigenvalue weighted by Crippen LogP contribution is 2.08. The van der Waals surface area contributed by atoms with Crippen LogP contribution >= 0.6 is 0 Å². The lowest BCUT2D eigenvalue weighted by Crippen LogP contribution is -2.08. The summed E-state index contributed by atoms with van der Waals surface area (Å²) in [5.74, 6) is -1.45. The molecule has 0 atom stereocenters. The summed E-state index contributed by atoms with van der Waals surface area (Å²) in [6, 6.07) is 3.28. The van der Waals surface area contributed by atoms with Gasteiger partial charge in [0.05, 0.1) is 7.11 Å². The summed E-state index contributed by atoms with van der Waals surface area (Å²) in [5.41, 5.74) is 0.525. The normalized spacial score (nSPS) is 9.67. The van der Waals surface area contributed by atoms with Gasteiger partial charge in [0.1, 0.15) is 0 Å². The van der Waals surface area contributed by atoms with Gasteiger partial charge in [0, 0.05) is 12.6 Å². The summed E-state index contributed by atoms with van der Waals surface area (Å²) in [7, 11) is 1.30. The van der Waals surface area contributed by atoms with Crippen LogP contribution in [-0.2, 0) is 16.0 Å². The number of hydrogen-bond donors (Lipinski definition) is 1. The maximum Gasteiger partial charge on any atom is 0.354 e. The van der Waals surface area contributed by atoms with E-state index in [1.165, 1.54) is 13.3 Å². The van der Waals surface area contributed by atoms with E-state index < -0.39 is 5.97 Å². The van der Waals surface area contributed by atoms with Crippen LogP contribution in [0.15, 0.2) is 18.3 Å². The Morgan fingerprint density at radius 3 is 2.87 bits per heavy atom. The molecule has 0 aliphatic heterocycles. The molecule has 5 heteroatoms. The number of pyridine rings is 1. The first-order chi connectivity index (χ1) is 7.15. The molecule has 0 saturated carbocycles. The van der Waals surface area contributed by atoms with Crippen molar-refractivity contribution in [3.8, 4) is 0 Å². The van der Waals surface area contributed by atoms with Crippen molar-refractivity contribution in [3.63, 3.8) is 0 Å². The Labute approximate surface area is 86.7 Å². The number of carbonyl (C=O) groups is 2. The summed E-state index contributed by atoms with van der Waals surface area (Å²) in [4.78, 5) is 25.4. The molecule has 0 aliphatic rings. The van der Waals surface area contributed by atoms with Gasteiger partial charge in [-0.15, -0.1) is 0 Å². The van der Waals surface area contributed by atoms with Crippen LogP contribution in [0.1, 0.15) is 22.5 Å². The predicted molar refractivity (Wildman–Crippen MR) is 51.5 cm³/mol. The third-order valence-corrected chi connectivity index (χ3v) is 1.92. The topological polar surface area (TPSA) is 76.5 Å². The lowest BCUT2D eigenvalue weighted by Gasteiger charge is -2.03. The Kier molecular flexibility index (Phi) is 3.79. The quantitative estimate of drug-likeness (QED) is 0.745. The van der Waals surface area contributed by atoms with Crippen molar-refractivity contribution < 1.29 is 19.4 Å². The molecule has 80 valence electrons. The molecule has 0 amide bonds. The highest BCUT2D eigenvalue weighted by molar-refractivity contribution is 5.87. The molecule has 0 fully saturated rings. The van der Waals surface area contributed by atoms with Gasteiger partial charge in [-0.2, -0.15) is 0 Å². The third kappa shape index (κ3) is 3.05. The van der Waals surface area contributed by atoms with Gasteiger partial charge in [0.2, 0.25) is 0 Å². The number of nitrogens with zero attached hydrogens (tertiary/aromatic N) is 1. The summed E-state index contributed by atoms with van der Waals surface area (Å²) >= 11 is 0. The van der Waals surface area contributed by atoms with Crippen LogP contribution in [0.25, 0.3) is 0 Å². The highest BCUT2D eigenvalue weighted by Gasteiger charge is 2.11. The van der Waals surface area contributed by atoms with E-state index in [4.69, 9.17) is 5.11 Å². The van der Waals surface area contributed by atoms with Crippen LogP contribution in [-0.4, -0.2) is 29.1 Å². The minimum Gasteiger partial charge on any atom is -0.477 e. The number of rotatable bonds is 4. The molecule has 0 spiro atoms. The molecule has 1 rings (SSSR count). The van der Waals surface area contributed by atoms with Crippen molar-refractivity contribution in [3.05, 3.63) is 29.6 Å². The molecule has 0 aliphatic carbocycles. The van der Waals surface area contributed by atoms with Crippen molar-refractivity contribution in [2.75, 3.05) is 7.11 Å². The lowest BCUT2D eigenvalue weighted by molar-refractivity contribution is -0.140. The average Bonchev–Trinajstić information content (AvgIpc) is 2.26. The molecule has 0 saturated heterocycles. The fraction of sp³-hybridized carbons (Fsp3) is 0.300. The fourth-order valence-electron chi connectivity index (χ4n) is 1.17. The molecule has 1 heterocycles. The molecule has 15 heavy (non-hydrogen) atoms. The third-order valence-electron chi connectivity index (χ3n) is 1.92. The van der Waals surface area contributed by atoms with Crippen molar-refractivity contribution in [2.24, 2.45) is 0 Å². The standard InChI is InChI=1S/C10H11NO4/c1-15-8(12)5-4-7-3-2-6-11-9(7)10(13)14/h2-3,6H,4-5H2,1H3,(H,13,14). The van der Waals surface area contributed by atoms with Crippen LogP contribution in [0.2, 0.25) is 0 Å². The van der Waals surface area contributed by atoms with E-state index in [-0.39, 0.29) is 18.1 Å². The molecule has 0 aromatic carbocycles. The smallest absolute Gasteiger partial charge is 0.354 e. The minimum atomic E-state index is -1.09. The second kappa shape index (κ2) is 5.09. The van der Waals surface area contributed by atoms with Crippen LogP contribution in [0.5, 0.6) is 0 Å². The number of aryl methyl sites for hydroxylation is 1. The second-order valence-corrected chi connectivity index (χ2v) is 2.89. The Hall–Kier alpha value is -1.91. The van der Waals surface area contributed by atoms with Gasteiger partial charge >= 0.3 is 11.9 Å². The van der Waals surface area contributed by atoms with Crippen LogP contribution in [0, 0.1) is 0 Å². The zero-order chi connectivity index (χ0) is 11.3. The zero-order valence-corrected chi connectivity index (χ0v) is 8.27. The van der Waals surface area contributed by atoms with E-state index in [0.717, 1.165) is 0 Å². The SMILES string of the molecule is COC(=O)CCc1cccnc1C(=O)O. The number of aromatic carboxylic acids is 1. The lowest BCUT2D eigenvalue weighted by atomic mass is 10.1. The number of carbonyl (C=O) groups excluding carboxylic acids is 1. The van der Waals surface area contributed by atoms with Gasteiger partial charge in [-0.25, -0.2) is 9.78 Å². The molecule has 5 nitrogen and oxygen atoms in total. The van der Waals surface area contributed by atoms with Crippen molar-refractivity contribution in [1.29, 1.82) is 0 Å². The highest BCUT2D eigenvalue weighted by atomic mass is 16.5. The number of carboxylic acid groups (broad SMARTS) is 1. The van der Waals surface area contributed by atoms with Gasteiger partial charge in [-0.05, 0) is 18.1 Å². The van der Waals surface area contributed by atoms with E-state index in [0.29, 0.717) is 12.0 Å². The Balaban J connectivity index is 2.76. The molecule has 0 radical (unpaired) electrons. The van der Waals surface area contributed by atoms with E-state index in [9.17, 15) is 9.59 Å². The van der Waals surface area contributed by atoms with E-state index in [2.05, 4.69) is 9.72 Å². The van der Waals surface area contributed by atoms with Crippen LogP contribution < -0.4 is 0 Å². The maximum absolute atomic E-state index is 10.9. The number of hydrogen-bond acceptors (Lipinski definition) is 4. The van der Waals surface area contributed by atoms with Gasteiger partial charge in [0.25, 0.3) is 0 Å². The van der Waals surface area contributed by atoms with E-state index >= 15 is 0 Å². The number of aromatic nitrogens is 1. The minimum absolute atomic E-state index is 0.0126. The van der Waals surface area contributed by atoms with Gasteiger partial charge < -0.3 is 9.84 Å². The Bertz CT molecular complexity index is 375. The average molecular weight is 209 g/mol. The number of carboxylic acids is 1. The molecule has 0 bridgehead atoms. The largest absolute Gasteiger partial charge is 0.477 e. The first-order valence-electron chi connectivity index (χ1n) is 4.39. The number of esters is 1. The Morgan fingerprint density at radius 2 is 2.27 bits per heavy atom. The van der Waals surface area contributed by atoms with Crippen molar-refractivity contribution >= 4 is 11.9 Å². The molecule has 1 aromatic rings. The fourth-order valence-corrected chi connectivity index (χ4v) is 1.17. The molecule has 1 aromatic heterocycles. The van der Waals surface area contributed by atoms with E-state index in [1.54, 1.807) is 12.1 Å². The van der Waals surface area contributed by atoms with Gasteiger partial charge in [-0.3, -0.25) is 4.79 Å². The van der Waals surface area contributed by atoms with Crippen LogP contribution in [0.4, 0.5) is 0 Å². The van der Waals surface area contributed by atoms with Crippen LogP contribution in [0.3, 0.4) is 0 Å². The van der Waals surface area contributed by atoms with E-state index in [1.807, 2.05) is 0 Å². The molecule has 0 unspecified atom stereocenters. The Morgan fingerprint density at radius 1 is 1.53 bits per heavy atom. The monoisotopic (exact) mass is 209 g/mol.